The number of hydrogen-bond donors (Lipinski definition) is 2. The maximum atomic E-state index is 12.1. The van der Waals surface area contributed by atoms with Gasteiger partial charge in [0.2, 0.25) is 0 Å². The van der Waals surface area contributed by atoms with Gasteiger partial charge in [0.05, 0.1) is 5.60 Å². The van der Waals surface area contributed by atoms with Crippen LogP contribution >= 0.6 is 11.8 Å². The van der Waals surface area contributed by atoms with E-state index in [-0.39, 0.29) is 17.7 Å². The minimum Gasteiger partial charge on any atom is -0.374 e. The summed E-state index contributed by atoms with van der Waals surface area (Å²) in [5, 5.41) is 6.27. The van der Waals surface area contributed by atoms with Gasteiger partial charge in [-0.15, -0.1) is 0 Å². The fourth-order valence-corrected chi connectivity index (χ4v) is 5.33. The molecule has 2 aliphatic heterocycles. The smallest absolute Gasteiger partial charge is 0.315 e. The van der Waals surface area contributed by atoms with Crippen molar-refractivity contribution >= 4 is 17.8 Å². The molecule has 2 atom stereocenters. The van der Waals surface area contributed by atoms with Crippen molar-refractivity contribution in [3.63, 3.8) is 0 Å². The van der Waals surface area contributed by atoms with Crippen molar-refractivity contribution < 1.29 is 9.53 Å². The number of thioether (sulfide) groups is 1. The topological polar surface area (TPSA) is 50.4 Å². The fourth-order valence-electron chi connectivity index (χ4n) is 3.95. The molecule has 3 rings (SSSR count). The Hall–Kier alpha value is -0.420. The lowest BCUT2D eigenvalue weighted by Gasteiger charge is -2.38. The Bertz CT molecular complexity index is 376. The third-order valence-electron chi connectivity index (χ3n) is 5.38. The van der Waals surface area contributed by atoms with Gasteiger partial charge in [-0.25, -0.2) is 4.79 Å². The van der Waals surface area contributed by atoms with E-state index < -0.39 is 0 Å². The van der Waals surface area contributed by atoms with Crippen molar-refractivity contribution in [1.29, 1.82) is 0 Å². The minimum atomic E-state index is 0.0100. The van der Waals surface area contributed by atoms with Crippen LogP contribution in [-0.2, 0) is 4.74 Å². The van der Waals surface area contributed by atoms with Crippen LogP contribution < -0.4 is 10.6 Å². The number of ether oxygens (including phenoxy) is 1. The predicted molar refractivity (Wildman–Crippen MR) is 86.8 cm³/mol. The first-order chi connectivity index (χ1) is 10.1. The molecule has 3 aliphatic rings. The van der Waals surface area contributed by atoms with Gasteiger partial charge in [0.1, 0.15) is 0 Å². The maximum absolute atomic E-state index is 12.1. The van der Waals surface area contributed by atoms with Crippen LogP contribution in [0.15, 0.2) is 0 Å². The van der Waals surface area contributed by atoms with E-state index in [0.717, 1.165) is 38.2 Å². The van der Waals surface area contributed by atoms with Gasteiger partial charge in [-0.3, -0.25) is 0 Å². The molecular formula is C16H28N2O2S. The molecule has 0 aromatic carbocycles. The molecule has 3 fully saturated rings. The summed E-state index contributed by atoms with van der Waals surface area (Å²) in [6, 6.07) is 0.282. The molecule has 0 aromatic heterocycles. The molecule has 2 amide bonds. The Morgan fingerprint density at radius 1 is 1.33 bits per heavy atom. The highest BCUT2D eigenvalue weighted by Crippen LogP contribution is 2.38. The zero-order chi connectivity index (χ0) is 14.8. The van der Waals surface area contributed by atoms with Gasteiger partial charge < -0.3 is 15.4 Å². The first-order valence-corrected chi connectivity index (χ1v) is 9.51. The number of hydrogen-bond acceptors (Lipinski definition) is 3. The normalized spacial score (nSPS) is 35.0. The molecule has 0 aromatic rings. The third kappa shape index (κ3) is 3.86. The van der Waals surface area contributed by atoms with Crippen LogP contribution in [0.2, 0.25) is 0 Å². The fraction of sp³-hybridized carbons (Fsp3) is 0.938. The van der Waals surface area contributed by atoms with Gasteiger partial charge in [-0.05, 0) is 43.3 Å². The Morgan fingerprint density at radius 3 is 2.86 bits per heavy atom. The van der Waals surface area contributed by atoms with Gasteiger partial charge >= 0.3 is 6.03 Å². The summed E-state index contributed by atoms with van der Waals surface area (Å²) in [6.07, 6.45) is 8.15. The van der Waals surface area contributed by atoms with E-state index in [1.807, 2.05) is 11.8 Å². The first-order valence-electron chi connectivity index (χ1n) is 8.35. The molecular weight excluding hydrogens is 284 g/mol. The summed E-state index contributed by atoms with van der Waals surface area (Å²) in [5.41, 5.74) is 0.356. The molecule has 5 heteroatoms. The van der Waals surface area contributed by atoms with Gasteiger partial charge in [-0.2, -0.15) is 11.8 Å². The molecule has 1 aliphatic carbocycles. The molecule has 120 valence electrons. The molecule has 2 saturated heterocycles. The van der Waals surface area contributed by atoms with Gasteiger partial charge in [0.25, 0.3) is 0 Å². The standard InChI is InChI=1S/C16H28N2O2S/c1-15(5-2-3-6-15)11-17-14(19)18-13-4-8-20-16(10-13)7-9-21-12-16/h13H,2-12H2,1H3,(H2,17,18,19). The summed E-state index contributed by atoms with van der Waals surface area (Å²) in [7, 11) is 0. The van der Waals surface area contributed by atoms with Crippen LogP contribution in [0.25, 0.3) is 0 Å². The average Bonchev–Trinajstić information content (AvgIpc) is 3.08. The van der Waals surface area contributed by atoms with Crippen molar-refractivity contribution in [2.24, 2.45) is 5.41 Å². The molecule has 1 saturated carbocycles. The quantitative estimate of drug-likeness (QED) is 0.842. The monoisotopic (exact) mass is 312 g/mol. The van der Waals surface area contributed by atoms with Crippen molar-refractivity contribution in [3.8, 4) is 0 Å². The highest BCUT2D eigenvalue weighted by atomic mass is 32.2. The van der Waals surface area contributed by atoms with Crippen molar-refractivity contribution in [2.75, 3.05) is 24.7 Å². The van der Waals surface area contributed by atoms with E-state index >= 15 is 0 Å². The Labute approximate surface area is 132 Å². The Balaban J connectivity index is 1.44. The van der Waals surface area contributed by atoms with Crippen molar-refractivity contribution in [3.05, 3.63) is 0 Å². The summed E-state index contributed by atoms with van der Waals surface area (Å²) in [6.45, 7) is 3.88. The number of nitrogens with one attached hydrogen (secondary N) is 2. The van der Waals surface area contributed by atoms with Crippen LogP contribution in [0.1, 0.15) is 51.9 Å². The molecule has 4 nitrogen and oxygen atoms in total. The molecule has 0 radical (unpaired) electrons. The summed E-state index contributed by atoms with van der Waals surface area (Å²) < 4.78 is 6.00. The van der Waals surface area contributed by atoms with Crippen LogP contribution in [0.3, 0.4) is 0 Å². The molecule has 1 spiro atoms. The minimum absolute atomic E-state index is 0.0100. The van der Waals surface area contributed by atoms with Crippen LogP contribution in [0, 0.1) is 5.41 Å². The highest BCUT2D eigenvalue weighted by Gasteiger charge is 2.40. The van der Waals surface area contributed by atoms with Crippen molar-refractivity contribution in [2.45, 2.75) is 63.5 Å². The summed E-state index contributed by atoms with van der Waals surface area (Å²) >= 11 is 1.97. The lowest BCUT2D eigenvalue weighted by atomic mass is 9.89. The van der Waals surface area contributed by atoms with Crippen molar-refractivity contribution in [1.82, 2.24) is 10.6 Å². The van der Waals surface area contributed by atoms with E-state index in [2.05, 4.69) is 17.6 Å². The Morgan fingerprint density at radius 2 is 2.14 bits per heavy atom. The van der Waals surface area contributed by atoms with E-state index in [9.17, 15) is 4.79 Å². The molecule has 2 unspecified atom stereocenters. The second-order valence-electron chi connectivity index (χ2n) is 7.37. The van der Waals surface area contributed by atoms with Gasteiger partial charge in [-0.1, -0.05) is 19.8 Å². The average molecular weight is 312 g/mol. The number of urea groups is 1. The van der Waals surface area contributed by atoms with E-state index in [4.69, 9.17) is 4.74 Å². The Kier molecular flexibility index (Phi) is 4.69. The molecule has 21 heavy (non-hydrogen) atoms. The summed E-state index contributed by atoms with van der Waals surface area (Å²) in [5.74, 6) is 2.28. The number of amides is 2. The first kappa shape index (κ1) is 15.5. The zero-order valence-corrected chi connectivity index (χ0v) is 13.9. The van der Waals surface area contributed by atoms with Crippen LogP contribution in [0.5, 0.6) is 0 Å². The van der Waals surface area contributed by atoms with Gasteiger partial charge in [0, 0.05) is 24.9 Å². The lowest BCUT2D eigenvalue weighted by molar-refractivity contribution is -0.0684. The van der Waals surface area contributed by atoms with Crippen LogP contribution in [-0.4, -0.2) is 42.3 Å². The second kappa shape index (κ2) is 6.37. The van der Waals surface area contributed by atoms with E-state index in [0.29, 0.717) is 5.41 Å². The number of carbonyl (C=O) groups excluding carboxylic acids is 1. The number of carbonyl (C=O) groups is 1. The van der Waals surface area contributed by atoms with Gasteiger partial charge in [0.15, 0.2) is 0 Å². The molecule has 2 heterocycles. The van der Waals surface area contributed by atoms with E-state index in [1.54, 1.807) is 0 Å². The lowest BCUT2D eigenvalue weighted by Crippen LogP contribution is -2.51. The molecule has 0 bridgehead atoms. The summed E-state index contributed by atoms with van der Waals surface area (Å²) in [4.78, 5) is 12.1. The predicted octanol–water partition coefficient (Wildman–Crippen LogP) is 2.92. The number of rotatable bonds is 3. The van der Waals surface area contributed by atoms with E-state index in [1.165, 1.54) is 31.4 Å². The zero-order valence-electron chi connectivity index (χ0n) is 13.1. The maximum Gasteiger partial charge on any atom is 0.315 e. The second-order valence-corrected chi connectivity index (χ2v) is 8.47. The molecule has 2 N–H and O–H groups in total. The largest absolute Gasteiger partial charge is 0.374 e. The van der Waals surface area contributed by atoms with Crippen LogP contribution in [0.4, 0.5) is 4.79 Å². The SMILES string of the molecule is CC1(CNC(=O)NC2CCOC3(CCSC3)C2)CCCC1. The third-order valence-corrected chi connectivity index (χ3v) is 6.60. The highest BCUT2D eigenvalue weighted by molar-refractivity contribution is 7.99.